The molecule has 3 rings (SSSR count). The molecule has 27 heavy (non-hydrogen) atoms. The van der Waals surface area contributed by atoms with E-state index >= 15 is 0 Å². The van der Waals surface area contributed by atoms with Crippen molar-refractivity contribution >= 4 is 17.7 Å². The molecule has 0 radical (unpaired) electrons. The monoisotopic (exact) mass is 362 g/mol. The molecule has 4 nitrogen and oxygen atoms in total. The van der Waals surface area contributed by atoms with Crippen molar-refractivity contribution in [1.82, 2.24) is 4.98 Å². The molecule has 1 heterocycles. The quantitative estimate of drug-likeness (QED) is 0.628. The molecular weight excluding hydrogens is 343 g/mol. The van der Waals surface area contributed by atoms with Gasteiger partial charge in [0.25, 0.3) is 0 Å². The first-order chi connectivity index (χ1) is 13.0. The molecule has 0 aliphatic rings. The molecule has 0 saturated carbocycles. The second-order valence-corrected chi connectivity index (χ2v) is 6.12. The topological polar surface area (TPSA) is 51.2 Å². The van der Waals surface area contributed by atoms with Gasteiger partial charge in [0, 0.05) is 18.0 Å². The van der Waals surface area contributed by atoms with Crippen molar-refractivity contribution in [3.63, 3.8) is 0 Å². The van der Waals surface area contributed by atoms with Gasteiger partial charge in [0.15, 0.2) is 11.6 Å². The molecule has 0 bridgehead atoms. The Bertz CT molecular complexity index is 985. The number of aryl methyl sites for hydroxylation is 2. The van der Waals surface area contributed by atoms with E-state index in [-0.39, 0.29) is 11.7 Å². The molecule has 0 saturated heterocycles. The van der Waals surface area contributed by atoms with Crippen LogP contribution in [0.5, 0.6) is 11.5 Å². The summed E-state index contributed by atoms with van der Waals surface area (Å²) in [5, 5.41) is 2.82. The summed E-state index contributed by atoms with van der Waals surface area (Å²) >= 11 is 0. The molecule has 0 spiro atoms. The van der Waals surface area contributed by atoms with Gasteiger partial charge in [0.05, 0.1) is 6.20 Å². The van der Waals surface area contributed by atoms with Gasteiger partial charge in [-0.15, -0.1) is 0 Å². The summed E-state index contributed by atoms with van der Waals surface area (Å²) in [5.74, 6) is -0.249. The summed E-state index contributed by atoms with van der Waals surface area (Å²) in [7, 11) is 0. The van der Waals surface area contributed by atoms with Gasteiger partial charge >= 0.3 is 0 Å². The highest BCUT2D eigenvalue weighted by molar-refractivity contribution is 6.02. The van der Waals surface area contributed by atoms with Crippen molar-refractivity contribution in [2.45, 2.75) is 13.8 Å². The maximum absolute atomic E-state index is 14.2. The Kier molecular flexibility index (Phi) is 5.61. The lowest BCUT2D eigenvalue weighted by Gasteiger charge is -2.07. The summed E-state index contributed by atoms with van der Waals surface area (Å²) in [4.78, 5) is 16.0. The maximum Gasteiger partial charge on any atom is 0.248 e. The third kappa shape index (κ3) is 5.01. The van der Waals surface area contributed by atoms with Crippen LogP contribution in [0.4, 0.5) is 10.1 Å². The van der Waals surface area contributed by atoms with Crippen molar-refractivity contribution in [1.29, 1.82) is 0 Å². The van der Waals surface area contributed by atoms with Crippen molar-refractivity contribution in [2.24, 2.45) is 0 Å². The molecule has 5 heteroatoms. The maximum atomic E-state index is 14.2. The fourth-order valence-electron chi connectivity index (χ4n) is 2.54. The highest BCUT2D eigenvalue weighted by Gasteiger charge is 2.06. The zero-order valence-corrected chi connectivity index (χ0v) is 15.1. The van der Waals surface area contributed by atoms with E-state index in [1.165, 1.54) is 24.4 Å². The van der Waals surface area contributed by atoms with Crippen molar-refractivity contribution in [3.8, 4) is 11.5 Å². The molecule has 0 atom stereocenters. The van der Waals surface area contributed by atoms with Gasteiger partial charge < -0.3 is 10.1 Å². The minimum Gasteiger partial charge on any atom is -0.453 e. The number of benzene rings is 2. The lowest BCUT2D eigenvalue weighted by atomic mass is 10.1. The Morgan fingerprint density at radius 3 is 2.70 bits per heavy atom. The number of ether oxygens (including phenoxy) is 1. The number of nitrogens with one attached hydrogen (secondary N) is 1. The Hall–Kier alpha value is -3.47. The zero-order valence-electron chi connectivity index (χ0n) is 15.1. The van der Waals surface area contributed by atoms with E-state index < -0.39 is 5.82 Å². The molecule has 1 N–H and O–H groups in total. The second-order valence-electron chi connectivity index (χ2n) is 6.12. The minimum absolute atomic E-state index is 0.0971. The van der Waals surface area contributed by atoms with Gasteiger partial charge in [-0.25, -0.2) is 4.39 Å². The smallest absolute Gasteiger partial charge is 0.248 e. The SMILES string of the molecule is Cc1ccc(NC(=O)/C=C/c2ccc(Oc3cccnc3)c(F)c2)c(C)c1. The summed E-state index contributed by atoms with van der Waals surface area (Å²) in [6, 6.07) is 13.7. The van der Waals surface area contributed by atoms with Crippen LogP contribution in [0, 0.1) is 19.7 Å². The molecule has 0 fully saturated rings. The van der Waals surface area contributed by atoms with Crippen LogP contribution in [-0.4, -0.2) is 10.9 Å². The van der Waals surface area contributed by atoms with Crippen molar-refractivity contribution < 1.29 is 13.9 Å². The second kappa shape index (κ2) is 8.27. The van der Waals surface area contributed by atoms with E-state index in [1.54, 1.807) is 30.5 Å². The number of hydrogen-bond donors (Lipinski definition) is 1. The highest BCUT2D eigenvalue weighted by Crippen LogP contribution is 2.25. The van der Waals surface area contributed by atoms with Gasteiger partial charge in [-0.2, -0.15) is 0 Å². The predicted octanol–water partition coefficient (Wildman–Crippen LogP) is 5.28. The molecule has 0 aliphatic heterocycles. The minimum atomic E-state index is -0.518. The van der Waals surface area contributed by atoms with Crippen LogP contribution in [0.3, 0.4) is 0 Å². The number of amides is 1. The highest BCUT2D eigenvalue weighted by atomic mass is 19.1. The normalized spacial score (nSPS) is 10.8. The molecular formula is C22H19FN2O2. The lowest BCUT2D eigenvalue weighted by Crippen LogP contribution is -2.08. The van der Waals surface area contributed by atoms with Crippen LogP contribution >= 0.6 is 0 Å². The van der Waals surface area contributed by atoms with E-state index in [1.807, 2.05) is 32.0 Å². The van der Waals surface area contributed by atoms with Crippen LogP contribution in [-0.2, 0) is 4.79 Å². The average Bonchev–Trinajstić information content (AvgIpc) is 2.65. The van der Waals surface area contributed by atoms with E-state index in [4.69, 9.17) is 4.74 Å². The van der Waals surface area contributed by atoms with Crippen molar-refractivity contribution in [2.75, 3.05) is 5.32 Å². The largest absolute Gasteiger partial charge is 0.453 e. The van der Waals surface area contributed by atoms with Crippen molar-refractivity contribution in [3.05, 3.63) is 89.5 Å². The number of aromatic nitrogens is 1. The number of pyridine rings is 1. The van der Waals surface area contributed by atoms with Gasteiger partial charge in [-0.05, 0) is 61.4 Å². The Morgan fingerprint density at radius 2 is 2.00 bits per heavy atom. The molecule has 136 valence electrons. The number of carbonyl (C=O) groups is 1. The number of halogens is 1. The molecule has 1 aromatic heterocycles. The Labute approximate surface area is 157 Å². The molecule has 2 aromatic carbocycles. The zero-order chi connectivity index (χ0) is 19.2. The van der Waals surface area contributed by atoms with Crippen LogP contribution in [0.1, 0.15) is 16.7 Å². The number of rotatable bonds is 5. The van der Waals surface area contributed by atoms with Gasteiger partial charge in [-0.1, -0.05) is 23.8 Å². The van der Waals surface area contributed by atoms with Crippen LogP contribution in [0.25, 0.3) is 6.08 Å². The van der Waals surface area contributed by atoms with Gasteiger partial charge in [-0.3, -0.25) is 9.78 Å². The first kappa shape index (κ1) is 18.3. The van der Waals surface area contributed by atoms with E-state index in [0.29, 0.717) is 11.3 Å². The summed E-state index contributed by atoms with van der Waals surface area (Å²) in [5.41, 5.74) is 3.42. The number of hydrogen-bond acceptors (Lipinski definition) is 3. The van der Waals surface area contributed by atoms with Crippen LogP contribution in [0.2, 0.25) is 0 Å². The fraction of sp³-hybridized carbons (Fsp3) is 0.0909. The van der Waals surface area contributed by atoms with E-state index in [2.05, 4.69) is 10.3 Å². The third-order valence-corrected chi connectivity index (χ3v) is 3.89. The Balaban J connectivity index is 1.66. The average molecular weight is 362 g/mol. The van der Waals surface area contributed by atoms with Crippen LogP contribution in [0.15, 0.2) is 67.0 Å². The van der Waals surface area contributed by atoms with Gasteiger partial charge in [0.2, 0.25) is 5.91 Å². The molecule has 0 unspecified atom stereocenters. The number of carbonyl (C=O) groups excluding carboxylic acids is 1. The fourth-order valence-corrected chi connectivity index (χ4v) is 2.54. The molecule has 3 aromatic rings. The Morgan fingerprint density at radius 1 is 1.15 bits per heavy atom. The predicted molar refractivity (Wildman–Crippen MR) is 104 cm³/mol. The lowest BCUT2D eigenvalue weighted by molar-refractivity contribution is -0.111. The third-order valence-electron chi connectivity index (χ3n) is 3.89. The van der Waals surface area contributed by atoms with E-state index in [0.717, 1.165) is 16.8 Å². The standard InChI is InChI=1S/C22H19FN2O2/c1-15-5-8-20(16(2)12-15)25-22(26)10-7-17-6-9-21(19(23)13-17)27-18-4-3-11-24-14-18/h3-14H,1-2H3,(H,25,26)/b10-7+. The van der Waals surface area contributed by atoms with Gasteiger partial charge in [0.1, 0.15) is 5.75 Å². The summed E-state index contributed by atoms with van der Waals surface area (Å²) in [6.45, 7) is 3.93. The summed E-state index contributed by atoms with van der Waals surface area (Å²) in [6.07, 6.45) is 6.04. The number of nitrogens with zero attached hydrogens (tertiary/aromatic N) is 1. The summed E-state index contributed by atoms with van der Waals surface area (Å²) < 4.78 is 19.7. The molecule has 1 amide bonds. The first-order valence-corrected chi connectivity index (χ1v) is 8.45. The number of anilines is 1. The van der Waals surface area contributed by atoms with E-state index in [9.17, 15) is 9.18 Å². The molecule has 0 aliphatic carbocycles. The first-order valence-electron chi connectivity index (χ1n) is 8.45. The van der Waals surface area contributed by atoms with Crippen LogP contribution < -0.4 is 10.1 Å².